The van der Waals surface area contributed by atoms with E-state index >= 15 is 0 Å². The molecule has 0 rings (SSSR count). The minimum atomic E-state index is -3.47. The van der Waals surface area contributed by atoms with Crippen LogP contribution in [0, 0.1) is 0 Å². The van der Waals surface area contributed by atoms with Gasteiger partial charge in [0.1, 0.15) is 6.61 Å². The number of alkyl halides is 4. The molecule has 0 aliphatic heterocycles. The van der Waals surface area contributed by atoms with Crippen molar-refractivity contribution in [1.82, 2.24) is 0 Å². The predicted octanol–water partition coefficient (Wildman–Crippen LogP) is 1.62. The summed E-state index contributed by atoms with van der Waals surface area (Å²) in [5, 5.41) is 7.78. The van der Waals surface area contributed by atoms with Crippen molar-refractivity contribution in [2.75, 3.05) is 6.61 Å². The predicted molar refractivity (Wildman–Crippen MR) is 29.8 cm³/mol. The maximum absolute atomic E-state index is 12.2. The number of hydrogen-bond acceptors (Lipinski definition) is 2. The molecule has 1 N–H and O–H groups in total. The molecule has 0 saturated heterocycles. The Morgan fingerprint density at radius 3 is 2.17 bits per heavy atom. The van der Waals surface area contributed by atoms with E-state index in [1.54, 1.807) is 0 Å². The average Bonchev–Trinajstić information content (AvgIpc) is 1.98. The highest BCUT2D eigenvalue weighted by atomic mass is 19.3. The van der Waals surface area contributed by atoms with Gasteiger partial charge in [-0.1, -0.05) is 0 Å². The number of ether oxygens (including phenoxy) is 1. The first-order valence-corrected chi connectivity index (χ1v) is 2.87. The number of carboxylic acid groups (broad SMARTS) is 1. The van der Waals surface area contributed by atoms with Crippen LogP contribution in [0.1, 0.15) is 0 Å². The highest BCUT2D eigenvalue weighted by Crippen LogP contribution is 2.13. The number of halogens is 4. The van der Waals surface area contributed by atoms with E-state index < -0.39 is 31.5 Å². The molecule has 2 unspecified atom stereocenters. The van der Waals surface area contributed by atoms with Crippen molar-refractivity contribution >= 4 is 6.16 Å². The summed E-state index contributed by atoms with van der Waals surface area (Å²) in [4.78, 5) is 9.60. The number of carbonyl (C=O) groups is 1. The Labute approximate surface area is 64.9 Å². The molecule has 0 aromatic heterocycles. The minimum Gasteiger partial charge on any atom is -0.450 e. The highest BCUT2D eigenvalue weighted by molar-refractivity contribution is 5.56. The van der Waals surface area contributed by atoms with Gasteiger partial charge in [0, 0.05) is 0 Å². The summed E-state index contributed by atoms with van der Waals surface area (Å²) >= 11 is 0. The van der Waals surface area contributed by atoms with Crippen LogP contribution in [0.5, 0.6) is 0 Å². The Morgan fingerprint density at radius 1 is 1.33 bits per heavy atom. The molecule has 7 heteroatoms. The molecular formula is C5H6F4O3. The second kappa shape index (κ2) is 4.78. The molecule has 3 nitrogen and oxygen atoms in total. The summed E-state index contributed by atoms with van der Waals surface area (Å²) < 4.78 is 50.4. The Balaban J connectivity index is 3.71. The molecule has 12 heavy (non-hydrogen) atoms. The molecule has 0 aliphatic rings. The molecule has 0 aromatic rings. The maximum Gasteiger partial charge on any atom is 0.505 e. The second-order valence-corrected chi connectivity index (χ2v) is 1.87. The largest absolute Gasteiger partial charge is 0.505 e. The van der Waals surface area contributed by atoms with Crippen molar-refractivity contribution in [3.63, 3.8) is 0 Å². The van der Waals surface area contributed by atoms with Crippen LogP contribution >= 0.6 is 0 Å². The van der Waals surface area contributed by atoms with Crippen LogP contribution in [0.3, 0.4) is 0 Å². The van der Waals surface area contributed by atoms with Crippen LogP contribution in [0.2, 0.25) is 0 Å². The summed E-state index contributed by atoms with van der Waals surface area (Å²) in [5.74, 6) is 0. The van der Waals surface area contributed by atoms with E-state index in [1.165, 1.54) is 0 Å². The van der Waals surface area contributed by atoms with E-state index in [0.29, 0.717) is 0 Å². The quantitative estimate of drug-likeness (QED) is 0.541. The fourth-order valence-electron chi connectivity index (χ4n) is 0.401. The normalized spacial score (nSPS) is 15.8. The van der Waals surface area contributed by atoms with E-state index in [4.69, 9.17) is 5.11 Å². The minimum absolute atomic E-state index is 1.22. The van der Waals surface area contributed by atoms with Crippen molar-refractivity contribution in [1.29, 1.82) is 0 Å². The van der Waals surface area contributed by atoms with Crippen LogP contribution < -0.4 is 0 Å². The first-order valence-electron chi connectivity index (χ1n) is 2.87. The van der Waals surface area contributed by atoms with Crippen LogP contribution in [0.4, 0.5) is 22.4 Å². The monoisotopic (exact) mass is 190 g/mol. The van der Waals surface area contributed by atoms with Gasteiger partial charge in [-0.25, -0.2) is 22.4 Å². The molecule has 72 valence electrons. The van der Waals surface area contributed by atoms with Gasteiger partial charge in [0.15, 0.2) is 12.3 Å². The van der Waals surface area contributed by atoms with Crippen molar-refractivity contribution in [3.05, 3.63) is 0 Å². The summed E-state index contributed by atoms with van der Waals surface area (Å²) in [5.41, 5.74) is 0. The Hall–Kier alpha value is -1.01. The van der Waals surface area contributed by atoms with Crippen LogP contribution in [0.25, 0.3) is 0 Å². The van der Waals surface area contributed by atoms with Gasteiger partial charge in [0.05, 0.1) is 0 Å². The number of hydrogen-bond donors (Lipinski definition) is 1. The second-order valence-electron chi connectivity index (χ2n) is 1.87. The van der Waals surface area contributed by atoms with Crippen LogP contribution in [0.15, 0.2) is 0 Å². The van der Waals surface area contributed by atoms with Gasteiger partial charge in [-0.3, -0.25) is 0 Å². The Bertz CT molecular complexity index is 152. The summed E-state index contributed by atoms with van der Waals surface area (Å²) in [6.07, 6.45) is -10.9. The van der Waals surface area contributed by atoms with Crippen molar-refractivity contribution in [2.24, 2.45) is 0 Å². The molecule has 0 radical (unpaired) electrons. The van der Waals surface area contributed by atoms with Gasteiger partial charge in [0.25, 0.3) is 6.43 Å². The fourth-order valence-corrected chi connectivity index (χ4v) is 0.401. The summed E-state index contributed by atoms with van der Waals surface area (Å²) in [6.45, 7) is -1.22. The van der Waals surface area contributed by atoms with Gasteiger partial charge in [-0.05, 0) is 0 Å². The van der Waals surface area contributed by atoms with E-state index in [9.17, 15) is 22.4 Å². The topological polar surface area (TPSA) is 46.5 Å². The molecule has 0 amide bonds. The maximum atomic E-state index is 12.2. The lowest BCUT2D eigenvalue weighted by molar-refractivity contribution is -0.0233. The smallest absolute Gasteiger partial charge is 0.450 e. The first-order chi connectivity index (χ1) is 5.45. The Morgan fingerprint density at radius 2 is 1.83 bits per heavy atom. The SMILES string of the molecule is O=C(O)OCC(F)C(F)C(F)F. The lowest BCUT2D eigenvalue weighted by Crippen LogP contribution is -2.29. The third-order valence-electron chi connectivity index (χ3n) is 0.952. The molecule has 0 aliphatic carbocycles. The van der Waals surface area contributed by atoms with Gasteiger partial charge >= 0.3 is 6.16 Å². The van der Waals surface area contributed by atoms with Gasteiger partial charge in [0.2, 0.25) is 0 Å². The van der Waals surface area contributed by atoms with Crippen molar-refractivity contribution in [3.8, 4) is 0 Å². The third kappa shape index (κ3) is 3.99. The van der Waals surface area contributed by atoms with Crippen LogP contribution in [-0.4, -0.2) is 36.6 Å². The van der Waals surface area contributed by atoms with E-state index in [-0.39, 0.29) is 0 Å². The average molecular weight is 190 g/mol. The molecule has 2 atom stereocenters. The van der Waals surface area contributed by atoms with Crippen molar-refractivity contribution < 1.29 is 32.2 Å². The summed E-state index contributed by atoms with van der Waals surface area (Å²) in [7, 11) is 0. The van der Waals surface area contributed by atoms with E-state index in [2.05, 4.69) is 4.74 Å². The third-order valence-corrected chi connectivity index (χ3v) is 0.952. The van der Waals surface area contributed by atoms with Gasteiger partial charge in [-0.2, -0.15) is 0 Å². The molecule has 0 spiro atoms. The highest BCUT2D eigenvalue weighted by Gasteiger charge is 2.30. The van der Waals surface area contributed by atoms with Gasteiger partial charge < -0.3 is 9.84 Å². The lowest BCUT2D eigenvalue weighted by Gasteiger charge is -2.11. The Kier molecular flexibility index (Phi) is 4.38. The molecule has 0 saturated carbocycles. The molecule has 0 bridgehead atoms. The fraction of sp³-hybridized carbons (Fsp3) is 0.800. The summed E-state index contributed by atoms with van der Waals surface area (Å²) in [6, 6.07) is 0. The molecular weight excluding hydrogens is 184 g/mol. The molecule has 0 fully saturated rings. The zero-order valence-electron chi connectivity index (χ0n) is 5.71. The van der Waals surface area contributed by atoms with Gasteiger partial charge in [-0.15, -0.1) is 0 Å². The number of rotatable bonds is 4. The van der Waals surface area contributed by atoms with Crippen LogP contribution in [-0.2, 0) is 4.74 Å². The molecule has 0 heterocycles. The standard InChI is InChI=1S/C5H6F4O3/c6-2(1-12-5(10)11)3(7)4(8)9/h2-4H,1H2,(H,10,11). The van der Waals surface area contributed by atoms with E-state index in [1.807, 2.05) is 0 Å². The van der Waals surface area contributed by atoms with Crippen molar-refractivity contribution in [2.45, 2.75) is 18.8 Å². The zero-order chi connectivity index (χ0) is 9.72. The van der Waals surface area contributed by atoms with E-state index in [0.717, 1.165) is 0 Å². The first kappa shape index (κ1) is 11.0. The molecule has 0 aromatic carbocycles. The zero-order valence-corrected chi connectivity index (χ0v) is 5.71. The lowest BCUT2D eigenvalue weighted by atomic mass is 10.3.